The monoisotopic (exact) mass is 718 g/mol. The van der Waals surface area contributed by atoms with E-state index in [1.165, 1.54) is 26.0 Å². The molecule has 3 fully saturated rings. The fourth-order valence-electron chi connectivity index (χ4n) is 8.10. The van der Waals surface area contributed by atoms with Crippen LogP contribution in [-0.4, -0.2) is 97.9 Å². The van der Waals surface area contributed by atoms with Crippen LogP contribution in [0.3, 0.4) is 0 Å². The molecule has 0 amide bonds. The molecule has 1 saturated heterocycles. The van der Waals surface area contributed by atoms with Crippen molar-refractivity contribution in [1.29, 1.82) is 0 Å². The van der Waals surface area contributed by atoms with Gasteiger partial charge in [0.2, 0.25) is 3.79 Å². The van der Waals surface area contributed by atoms with Crippen LogP contribution < -0.4 is 0 Å². The van der Waals surface area contributed by atoms with Crippen LogP contribution in [0.2, 0.25) is 0 Å². The number of aliphatic hydroxyl groups is 3. The van der Waals surface area contributed by atoms with Crippen molar-refractivity contribution in [3.8, 4) is 0 Å². The standard InChI is InChI=1S/C32H37Cl3O12/c1-15-18(37)12-31(42)25(46-26(40)17-9-7-6-8-10-17)23-29(5,24(39)22(38)21(15)28(31,3)4)19(45-27(41)44-14-32(33,34)35)11-20-30(23,13-43-20)47-16(2)36/h6-10,18-20,22-23,25,37-38,42H,11-14H2,1-5H3/t18-,19-,20+,22+,23-,25-,29+,30-,31+/m0/s1. The molecule has 3 N–H and O–H groups in total. The van der Waals surface area contributed by atoms with Gasteiger partial charge in [-0.2, -0.15) is 0 Å². The van der Waals surface area contributed by atoms with Gasteiger partial charge in [0.1, 0.15) is 36.6 Å². The first kappa shape index (κ1) is 35.8. The van der Waals surface area contributed by atoms with Gasteiger partial charge in [-0.15, -0.1) is 0 Å². The van der Waals surface area contributed by atoms with E-state index in [1.807, 2.05) is 0 Å². The second kappa shape index (κ2) is 12.2. The van der Waals surface area contributed by atoms with Crippen LogP contribution >= 0.6 is 34.8 Å². The molecular formula is C32H37Cl3O12. The number of aliphatic hydroxyl groups excluding tert-OH is 2. The number of ether oxygens (including phenoxy) is 5. The number of hydrogen-bond acceptors (Lipinski definition) is 12. The molecule has 9 atom stereocenters. The van der Waals surface area contributed by atoms with Gasteiger partial charge in [-0.1, -0.05) is 66.8 Å². The molecule has 0 aromatic heterocycles. The van der Waals surface area contributed by atoms with Gasteiger partial charge in [0, 0.05) is 25.2 Å². The summed E-state index contributed by atoms with van der Waals surface area (Å²) in [4.78, 5) is 54.4. The van der Waals surface area contributed by atoms with Gasteiger partial charge in [-0.25, -0.2) is 9.59 Å². The average molecular weight is 720 g/mol. The van der Waals surface area contributed by atoms with Crippen LogP contribution in [0.4, 0.5) is 4.79 Å². The molecule has 0 spiro atoms. The predicted octanol–water partition coefficient (Wildman–Crippen LogP) is 3.61. The van der Waals surface area contributed by atoms with E-state index in [1.54, 1.807) is 32.0 Å². The van der Waals surface area contributed by atoms with Crippen molar-refractivity contribution in [2.75, 3.05) is 13.2 Å². The van der Waals surface area contributed by atoms with Crippen molar-refractivity contribution >= 4 is 58.7 Å². The minimum Gasteiger partial charge on any atom is -0.455 e. The van der Waals surface area contributed by atoms with E-state index in [-0.39, 0.29) is 29.7 Å². The lowest BCUT2D eigenvalue weighted by Crippen LogP contribution is -2.82. The minimum absolute atomic E-state index is 0.00948. The van der Waals surface area contributed by atoms with Crippen molar-refractivity contribution in [2.24, 2.45) is 16.7 Å². The van der Waals surface area contributed by atoms with Gasteiger partial charge in [-0.05, 0) is 37.1 Å². The molecule has 1 heterocycles. The first-order valence-electron chi connectivity index (χ1n) is 15.0. The summed E-state index contributed by atoms with van der Waals surface area (Å²) < 4.78 is 26.7. The summed E-state index contributed by atoms with van der Waals surface area (Å²) >= 11 is 17.2. The molecule has 12 nitrogen and oxygen atoms in total. The summed E-state index contributed by atoms with van der Waals surface area (Å²) in [6.07, 6.45) is -9.49. The van der Waals surface area contributed by atoms with Gasteiger partial charge >= 0.3 is 18.1 Å². The van der Waals surface area contributed by atoms with E-state index in [4.69, 9.17) is 58.5 Å². The zero-order chi connectivity index (χ0) is 34.9. The van der Waals surface area contributed by atoms with Crippen LogP contribution in [-0.2, 0) is 33.3 Å². The molecule has 0 radical (unpaired) electrons. The Balaban J connectivity index is 1.77. The lowest BCUT2D eigenvalue weighted by molar-refractivity contribution is -0.346. The first-order valence-corrected chi connectivity index (χ1v) is 16.2. The minimum atomic E-state index is -2.20. The smallest absolute Gasteiger partial charge is 0.455 e. The Hall–Kier alpha value is -2.45. The molecule has 0 unspecified atom stereocenters. The van der Waals surface area contributed by atoms with Crippen LogP contribution in [0.5, 0.6) is 0 Å². The third kappa shape index (κ3) is 5.73. The molecule has 47 heavy (non-hydrogen) atoms. The quantitative estimate of drug-likeness (QED) is 0.175. The normalized spacial score (nSPS) is 37.6. The van der Waals surface area contributed by atoms with Crippen molar-refractivity contribution in [2.45, 2.75) is 93.0 Å². The lowest BCUT2D eigenvalue weighted by atomic mass is 9.44. The zero-order valence-electron chi connectivity index (χ0n) is 26.3. The van der Waals surface area contributed by atoms with Gasteiger partial charge < -0.3 is 39.0 Å². The lowest BCUT2D eigenvalue weighted by Gasteiger charge is -2.67. The number of halogens is 3. The Kier molecular flexibility index (Phi) is 9.27. The van der Waals surface area contributed by atoms with Crippen molar-refractivity contribution in [1.82, 2.24) is 0 Å². The topological polar surface area (TPSA) is 175 Å². The van der Waals surface area contributed by atoms with Gasteiger partial charge in [0.05, 0.1) is 29.6 Å². The zero-order valence-corrected chi connectivity index (χ0v) is 28.6. The summed E-state index contributed by atoms with van der Waals surface area (Å²) in [5.74, 6) is -4.07. The van der Waals surface area contributed by atoms with E-state index in [0.717, 1.165) is 6.92 Å². The molecular weight excluding hydrogens is 683 g/mol. The van der Waals surface area contributed by atoms with Crippen LogP contribution in [0, 0.1) is 16.7 Å². The van der Waals surface area contributed by atoms with E-state index in [2.05, 4.69) is 0 Å². The van der Waals surface area contributed by atoms with E-state index in [0.29, 0.717) is 0 Å². The number of rotatable bonds is 5. The second-order valence-electron chi connectivity index (χ2n) is 13.4. The van der Waals surface area contributed by atoms with Crippen molar-refractivity contribution in [3.63, 3.8) is 0 Å². The number of benzene rings is 1. The third-order valence-electron chi connectivity index (χ3n) is 10.5. The molecule has 1 aliphatic heterocycles. The maximum atomic E-state index is 14.8. The number of hydrogen-bond donors (Lipinski definition) is 3. The fraction of sp³-hybridized carbons (Fsp3) is 0.625. The summed E-state index contributed by atoms with van der Waals surface area (Å²) in [6, 6.07) is 7.88. The number of carbonyl (C=O) groups is 4. The average Bonchev–Trinajstić information content (AvgIpc) is 2.97. The molecule has 1 aromatic carbocycles. The van der Waals surface area contributed by atoms with Crippen LogP contribution in [0.1, 0.15) is 57.8 Å². The fourth-order valence-corrected chi connectivity index (χ4v) is 8.27. The predicted molar refractivity (Wildman–Crippen MR) is 166 cm³/mol. The van der Waals surface area contributed by atoms with E-state index in [9.17, 15) is 34.5 Å². The van der Waals surface area contributed by atoms with Gasteiger partial charge in [0.25, 0.3) is 0 Å². The largest absolute Gasteiger partial charge is 0.508 e. The Labute approximate surface area is 286 Å². The highest BCUT2D eigenvalue weighted by atomic mass is 35.6. The number of Topliss-reactive ketones (excluding diaryl/α,β-unsaturated/α-hetero) is 1. The van der Waals surface area contributed by atoms with E-state index >= 15 is 0 Å². The SMILES string of the molecule is CC(=O)O[C@@]12CO[C@@H]1C[C@H](OC(=O)OCC(Cl)(Cl)Cl)[C@@]1(C)C(=O)[C@H](O)C3=C(C)[C@@H](O)C[C@@](O)([C@@H](OC(=O)c4ccccc4)[C@H]21)C3(C)C. The third-order valence-corrected chi connectivity index (χ3v) is 10.8. The maximum absolute atomic E-state index is 14.8. The number of ketones is 1. The Morgan fingerprint density at radius 3 is 2.26 bits per heavy atom. The molecule has 15 heteroatoms. The maximum Gasteiger partial charge on any atom is 0.508 e. The first-order chi connectivity index (χ1) is 21.7. The highest BCUT2D eigenvalue weighted by Gasteiger charge is 2.78. The summed E-state index contributed by atoms with van der Waals surface area (Å²) in [7, 11) is 0. The summed E-state index contributed by atoms with van der Waals surface area (Å²) in [5.41, 5.74) is -7.12. The molecule has 1 aromatic rings. The van der Waals surface area contributed by atoms with Gasteiger partial charge in [0.15, 0.2) is 11.4 Å². The molecule has 3 aliphatic carbocycles. The Morgan fingerprint density at radius 1 is 1.06 bits per heavy atom. The van der Waals surface area contributed by atoms with Crippen molar-refractivity contribution in [3.05, 3.63) is 47.0 Å². The Bertz CT molecular complexity index is 1490. The molecule has 5 rings (SSSR count). The molecule has 258 valence electrons. The second-order valence-corrected chi connectivity index (χ2v) is 15.9. The van der Waals surface area contributed by atoms with Crippen molar-refractivity contribution < 1.29 is 58.2 Å². The van der Waals surface area contributed by atoms with Gasteiger partial charge in [-0.3, -0.25) is 9.59 Å². The number of alkyl halides is 3. The molecule has 2 saturated carbocycles. The number of esters is 2. The molecule has 4 aliphatic rings. The van der Waals surface area contributed by atoms with Crippen LogP contribution in [0.25, 0.3) is 0 Å². The summed E-state index contributed by atoms with van der Waals surface area (Å²) in [5, 5.41) is 36.0. The highest BCUT2D eigenvalue weighted by molar-refractivity contribution is 6.67. The summed E-state index contributed by atoms with van der Waals surface area (Å²) in [6.45, 7) is 6.21. The Morgan fingerprint density at radius 2 is 1.70 bits per heavy atom. The van der Waals surface area contributed by atoms with Crippen LogP contribution in [0.15, 0.2) is 41.5 Å². The number of carbonyl (C=O) groups excluding carboxylic acids is 4. The highest BCUT2D eigenvalue weighted by Crippen LogP contribution is 2.64. The van der Waals surface area contributed by atoms with E-state index < -0.39 is 99.2 Å². The number of fused-ring (bicyclic) bond motifs is 5. The molecule has 2 bridgehead atoms.